The fourth-order valence-electron chi connectivity index (χ4n) is 1.67. The van der Waals surface area contributed by atoms with Crippen molar-refractivity contribution in [2.75, 3.05) is 13.2 Å². The highest BCUT2D eigenvalue weighted by atomic mass is 35.5. The molecule has 1 aromatic heterocycles. The second-order valence-corrected chi connectivity index (χ2v) is 4.80. The van der Waals surface area contributed by atoms with E-state index >= 15 is 0 Å². The highest BCUT2D eigenvalue weighted by molar-refractivity contribution is 6.33. The van der Waals surface area contributed by atoms with Gasteiger partial charge in [-0.2, -0.15) is 0 Å². The minimum Gasteiger partial charge on any atom is -0.462 e. The van der Waals surface area contributed by atoms with Gasteiger partial charge in [0.2, 0.25) is 5.91 Å². The summed E-state index contributed by atoms with van der Waals surface area (Å²) in [4.78, 5) is 22.6. The van der Waals surface area contributed by atoms with Crippen molar-refractivity contribution in [2.45, 2.75) is 13.3 Å². The summed E-state index contributed by atoms with van der Waals surface area (Å²) in [6.07, 6.45) is 1.96. The predicted octanol–water partition coefficient (Wildman–Crippen LogP) is 0.999. The third-order valence-electron chi connectivity index (χ3n) is 2.71. The summed E-state index contributed by atoms with van der Waals surface area (Å²) in [6, 6.07) is 4.79. The van der Waals surface area contributed by atoms with Gasteiger partial charge in [0.15, 0.2) is 0 Å². The van der Waals surface area contributed by atoms with Crippen molar-refractivity contribution in [1.82, 2.24) is 25.5 Å². The molecule has 1 amide bonds. The number of aromatic nitrogens is 4. The van der Waals surface area contributed by atoms with Crippen LogP contribution < -0.4 is 5.32 Å². The van der Waals surface area contributed by atoms with Gasteiger partial charge in [-0.3, -0.25) is 4.79 Å². The first-order chi connectivity index (χ1) is 10.6. The van der Waals surface area contributed by atoms with Gasteiger partial charge in [-0.1, -0.05) is 11.6 Å². The van der Waals surface area contributed by atoms with E-state index in [0.29, 0.717) is 18.7 Å². The van der Waals surface area contributed by atoms with E-state index in [1.54, 1.807) is 18.2 Å². The van der Waals surface area contributed by atoms with Crippen LogP contribution >= 0.6 is 11.6 Å². The molecular weight excluding hydrogens is 310 g/mol. The number of rotatable bonds is 6. The van der Waals surface area contributed by atoms with E-state index < -0.39 is 5.97 Å². The first-order valence-electron chi connectivity index (χ1n) is 6.52. The fraction of sp³-hybridized carbons (Fsp3) is 0.308. The molecule has 0 unspecified atom stereocenters. The summed E-state index contributed by atoms with van der Waals surface area (Å²) in [5.74, 6) is -0.636. The van der Waals surface area contributed by atoms with Gasteiger partial charge in [-0.05, 0) is 35.0 Å². The summed E-state index contributed by atoms with van der Waals surface area (Å²) >= 11 is 6.08. The number of halogens is 1. The van der Waals surface area contributed by atoms with Gasteiger partial charge in [-0.15, -0.1) is 5.10 Å². The summed E-state index contributed by atoms with van der Waals surface area (Å²) in [5, 5.41) is 13.6. The number of hydrogen-bond donors (Lipinski definition) is 1. The Balaban J connectivity index is 1.91. The maximum Gasteiger partial charge on any atom is 0.339 e. The molecule has 2 aromatic rings. The number of carbonyl (C=O) groups excluding carboxylic acids is 2. The Hall–Kier alpha value is -2.48. The van der Waals surface area contributed by atoms with Crippen LogP contribution in [-0.2, 0) is 9.53 Å². The van der Waals surface area contributed by atoms with Crippen LogP contribution in [0.1, 0.15) is 23.7 Å². The number of esters is 1. The summed E-state index contributed by atoms with van der Waals surface area (Å²) in [6.45, 7) is 2.08. The van der Waals surface area contributed by atoms with Crippen LogP contribution in [0.3, 0.4) is 0 Å². The molecule has 0 fully saturated rings. The molecule has 0 aliphatic rings. The van der Waals surface area contributed by atoms with Gasteiger partial charge in [0.1, 0.15) is 6.33 Å². The zero-order valence-electron chi connectivity index (χ0n) is 11.8. The number of ether oxygens (including phenoxy) is 1. The SMILES string of the molecule is CC(=O)NCCCOC(=O)c1ccc(-n2cnnn2)cc1Cl. The minimum absolute atomic E-state index is 0.118. The summed E-state index contributed by atoms with van der Waals surface area (Å²) in [5.41, 5.74) is 0.898. The van der Waals surface area contributed by atoms with Crippen molar-refractivity contribution in [3.8, 4) is 5.69 Å². The highest BCUT2D eigenvalue weighted by Gasteiger charge is 2.13. The molecule has 0 atom stereocenters. The predicted molar refractivity (Wildman–Crippen MR) is 77.7 cm³/mol. The number of nitrogens with one attached hydrogen (secondary N) is 1. The summed E-state index contributed by atoms with van der Waals surface area (Å²) in [7, 11) is 0. The molecule has 0 radical (unpaired) electrons. The van der Waals surface area contributed by atoms with Gasteiger partial charge < -0.3 is 10.1 Å². The summed E-state index contributed by atoms with van der Waals surface area (Å²) < 4.78 is 6.52. The monoisotopic (exact) mass is 323 g/mol. The van der Waals surface area contributed by atoms with Gasteiger partial charge in [-0.25, -0.2) is 9.48 Å². The Kier molecular flexibility index (Phi) is 5.42. The Morgan fingerprint density at radius 2 is 2.23 bits per heavy atom. The van der Waals surface area contributed by atoms with Crippen molar-refractivity contribution >= 4 is 23.5 Å². The maximum atomic E-state index is 11.9. The van der Waals surface area contributed by atoms with Crippen molar-refractivity contribution in [2.24, 2.45) is 0 Å². The second-order valence-electron chi connectivity index (χ2n) is 4.39. The van der Waals surface area contributed by atoms with E-state index in [2.05, 4.69) is 20.8 Å². The van der Waals surface area contributed by atoms with E-state index in [4.69, 9.17) is 16.3 Å². The number of benzene rings is 1. The lowest BCUT2D eigenvalue weighted by atomic mass is 10.2. The standard InChI is InChI=1S/C13H14ClN5O3/c1-9(20)15-5-2-6-22-13(21)11-4-3-10(7-12(11)14)19-8-16-17-18-19/h3-4,7-8H,2,5-6H2,1H3,(H,15,20). The smallest absolute Gasteiger partial charge is 0.339 e. The number of hydrogen-bond acceptors (Lipinski definition) is 6. The number of nitrogens with zero attached hydrogens (tertiary/aromatic N) is 4. The molecule has 9 heteroatoms. The van der Waals surface area contributed by atoms with Gasteiger partial charge in [0.05, 0.1) is 22.9 Å². The lowest BCUT2D eigenvalue weighted by molar-refractivity contribution is -0.118. The van der Waals surface area contributed by atoms with Crippen LogP contribution in [0, 0.1) is 0 Å². The normalized spacial score (nSPS) is 10.3. The molecular formula is C13H14ClN5O3. The first kappa shape index (κ1) is 15.9. The molecule has 22 heavy (non-hydrogen) atoms. The number of amides is 1. The molecule has 0 aliphatic heterocycles. The minimum atomic E-state index is -0.518. The van der Waals surface area contributed by atoms with Crippen LogP contribution in [0.5, 0.6) is 0 Å². The quantitative estimate of drug-likeness (QED) is 0.629. The molecule has 116 valence electrons. The van der Waals surface area contributed by atoms with E-state index in [1.165, 1.54) is 17.9 Å². The van der Waals surface area contributed by atoms with Crippen LogP contribution in [0.15, 0.2) is 24.5 Å². The second kappa shape index (κ2) is 7.51. The third kappa shape index (κ3) is 4.26. The average Bonchev–Trinajstić information content (AvgIpc) is 3.00. The Morgan fingerprint density at radius 1 is 1.41 bits per heavy atom. The average molecular weight is 324 g/mol. The van der Waals surface area contributed by atoms with Crippen LogP contribution in [0.4, 0.5) is 0 Å². The van der Waals surface area contributed by atoms with Gasteiger partial charge in [0, 0.05) is 13.5 Å². The van der Waals surface area contributed by atoms with Gasteiger partial charge >= 0.3 is 5.97 Å². The molecule has 8 nitrogen and oxygen atoms in total. The van der Waals surface area contributed by atoms with Crippen molar-refractivity contribution in [1.29, 1.82) is 0 Å². The van der Waals surface area contributed by atoms with Gasteiger partial charge in [0.25, 0.3) is 0 Å². The van der Waals surface area contributed by atoms with E-state index in [9.17, 15) is 9.59 Å². The third-order valence-corrected chi connectivity index (χ3v) is 3.03. The highest BCUT2D eigenvalue weighted by Crippen LogP contribution is 2.20. The molecule has 1 heterocycles. The molecule has 0 saturated heterocycles. The van der Waals surface area contributed by atoms with Crippen molar-refractivity contribution in [3.63, 3.8) is 0 Å². The lowest BCUT2D eigenvalue weighted by Crippen LogP contribution is -2.22. The Labute approximate surface area is 131 Å². The maximum absolute atomic E-state index is 11.9. The van der Waals surface area contributed by atoms with E-state index in [-0.39, 0.29) is 23.1 Å². The molecule has 2 rings (SSSR count). The number of tetrazole rings is 1. The van der Waals surface area contributed by atoms with Crippen molar-refractivity contribution < 1.29 is 14.3 Å². The lowest BCUT2D eigenvalue weighted by Gasteiger charge is -2.08. The molecule has 1 aromatic carbocycles. The largest absolute Gasteiger partial charge is 0.462 e. The Bertz CT molecular complexity index is 660. The van der Waals surface area contributed by atoms with E-state index in [1.807, 2.05) is 0 Å². The van der Waals surface area contributed by atoms with E-state index in [0.717, 1.165) is 0 Å². The molecule has 0 aliphatic carbocycles. The molecule has 0 bridgehead atoms. The fourth-order valence-corrected chi connectivity index (χ4v) is 1.92. The molecule has 1 N–H and O–H groups in total. The van der Waals surface area contributed by atoms with Crippen LogP contribution in [-0.4, -0.2) is 45.2 Å². The first-order valence-corrected chi connectivity index (χ1v) is 6.90. The number of carbonyl (C=O) groups is 2. The van der Waals surface area contributed by atoms with Crippen LogP contribution in [0.25, 0.3) is 5.69 Å². The molecule has 0 saturated carbocycles. The zero-order valence-corrected chi connectivity index (χ0v) is 12.6. The van der Waals surface area contributed by atoms with Crippen molar-refractivity contribution in [3.05, 3.63) is 35.1 Å². The molecule has 0 spiro atoms. The van der Waals surface area contributed by atoms with Crippen LogP contribution in [0.2, 0.25) is 5.02 Å². The Morgan fingerprint density at radius 3 is 2.86 bits per heavy atom. The topological polar surface area (TPSA) is 99.0 Å². The zero-order chi connectivity index (χ0) is 15.9.